The SMILES string of the molecule is Cc1noc(-c2ccc(NC(=O)CSc3nc4ccccc4s3)cc2)n1. The van der Waals surface area contributed by atoms with Crippen LogP contribution in [0.3, 0.4) is 0 Å². The topological polar surface area (TPSA) is 80.9 Å². The highest BCUT2D eigenvalue weighted by molar-refractivity contribution is 8.01. The molecule has 26 heavy (non-hydrogen) atoms. The van der Waals surface area contributed by atoms with Gasteiger partial charge in [0, 0.05) is 11.3 Å². The number of para-hydroxylation sites is 1. The molecule has 0 atom stereocenters. The molecule has 0 saturated carbocycles. The largest absolute Gasteiger partial charge is 0.334 e. The molecule has 0 fully saturated rings. The molecule has 2 aromatic heterocycles. The van der Waals surface area contributed by atoms with Crippen molar-refractivity contribution in [2.24, 2.45) is 0 Å². The van der Waals surface area contributed by atoms with Crippen LogP contribution in [0.25, 0.3) is 21.7 Å². The minimum Gasteiger partial charge on any atom is -0.334 e. The van der Waals surface area contributed by atoms with Gasteiger partial charge in [0.05, 0.1) is 16.0 Å². The normalized spacial score (nSPS) is 11.0. The summed E-state index contributed by atoms with van der Waals surface area (Å²) >= 11 is 3.03. The zero-order chi connectivity index (χ0) is 17.9. The molecule has 0 aliphatic carbocycles. The number of aryl methyl sites for hydroxylation is 1. The quantitative estimate of drug-likeness (QED) is 0.516. The van der Waals surface area contributed by atoms with Crippen LogP contribution in [-0.2, 0) is 4.79 Å². The van der Waals surface area contributed by atoms with Crippen LogP contribution in [0, 0.1) is 6.92 Å². The maximum absolute atomic E-state index is 12.2. The number of anilines is 1. The average Bonchev–Trinajstić information content (AvgIpc) is 3.26. The maximum Gasteiger partial charge on any atom is 0.257 e. The van der Waals surface area contributed by atoms with Crippen molar-refractivity contribution in [1.29, 1.82) is 0 Å². The van der Waals surface area contributed by atoms with Gasteiger partial charge < -0.3 is 9.84 Å². The molecule has 0 aliphatic heterocycles. The number of benzene rings is 2. The molecule has 4 rings (SSSR count). The van der Waals surface area contributed by atoms with Crippen molar-refractivity contribution in [3.8, 4) is 11.5 Å². The van der Waals surface area contributed by atoms with E-state index >= 15 is 0 Å². The van der Waals surface area contributed by atoms with Gasteiger partial charge in [0.2, 0.25) is 5.91 Å². The number of hydrogen-bond acceptors (Lipinski definition) is 7. The number of carbonyl (C=O) groups is 1. The fourth-order valence-corrected chi connectivity index (χ4v) is 4.22. The molecule has 1 amide bonds. The average molecular weight is 382 g/mol. The van der Waals surface area contributed by atoms with Crippen molar-refractivity contribution in [1.82, 2.24) is 15.1 Å². The summed E-state index contributed by atoms with van der Waals surface area (Å²) in [5.41, 5.74) is 2.50. The van der Waals surface area contributed by atoms with Gasteiger partial charge in [-0.3, -0.25) is 4.79 Å². The van der Waals surface area contributed by atoms with Gasteiger partial charge in [-0.2, -0.15) is 4.98 Å². The van der Waals surface area contributed by atoms with E-state index < -0.39 is 0 Å². The van der Waals surface area contributed by atoms with E-state index in [1.807, 2.05) is 48.5 Å². The minimum absolute atomic E-state index is 0.0735. The number of amides is 1. The second-order valence-electron chi connectivity index (χ2n) is 5.51. The predicted molar refractivity (Wildman–Crippen MR) is 103 cm³/mol. The first-order chi connectivity index (χ1) is 12.7. The van der Waals surface area contributed by atoms with E-state index in [1.165, 1.54) is 11.8 Å². The van der Waals surface area contributed by atoms with Crippen molar-refractivity contribution in [3.63, 3.8) is 0 Å². The number of aromatic nitrogens is 3. The Morgan fingerprint density at radius 2 is 1.96 bits per heavy atom. The fourth-order valence-electron chi connectivity index (χ4n) is 2.35. The van der Waals surface area contributed by atoms with E-state index in [0.717, 1.165) is 25.8 Å². The third-order valence-corrected chi connectivity index (χ3v) is 5.72. The predicted octanol–water partition coefficient (Wildman–Crippen LogP) is 4.39. The van der Waals surface area contributed by atoms with E-state index in [-0.39, 0.29) is 5.91 Å². The lowest BCUT2D eigenvalue weighted by atomic mass is 10.2. The lowest BCUT2D eigenvalue weighted by molar-refractivity contribution is -0.113. The molecule has 0 spiro atoms. The van der Waals surface area contributed by atoms with Gasteiger partial charge in [0.25, 0.3) is 5.89 Å². The van der Waals surface area contributed by atoms with Crippen LogP contribution in [0.5, 0.6) is 0 Å². The fraction of sp³-hybridized carbons (Fsp3) is 0.111. The Balaban J connectivity index is 1.35. The molecule has 2 heterocycles. The lowest BCUT2D eigenvalue weighted by Crippen LogP contribution is -2.13. The minimum atomic E-state index is -0.0735. The Hall–Kier alpha value is -2.71. The molecule has 6 nitrogen and oxygen atoms in total. The Morgan fingerprint density at radius 1 is 1.15 bits per heavy atom. The number of nitrogens with zero attached hydrogens (tertiary/aromatic N) is 3. The molecule has 0 aliphatic rings. The van der Waals surface area contributed by atoms with Crippen molar-refractivity contribution in [2.45, 2.75) is 11.3 Å². The molecular formula is C18H14N4O2S2. The summed E-state index contributed by atoms with van der Waals surface area (Å²) in [5, 5.41) is 6.65. The van der Waals surface area contributed by atoms with Crippen molar-refractivity contribution < 1.29 is 9.32 Å². The summed E-state index contributed by atoms with van der Waals surface area (Å²) in [7, 11) is 0. The Morgan fingerprint density at radius 3 is 2.69 bits per heavy atom. The summed E-state index contributed by atoms with van der Waals surface area (Å²) < 4.78 is 7.15. The van der Waals surface area contributed by atoms with E-state index in [9.17, 15) is 4.79 Å². The second-order valence-corrected chi connectivity index (χ2v) is 7.76. The standard InChI is InChI=1S/C18H14N4O2S2/c1-11-19-17(24-22-11)12-6-8-13(9-7-12)20-16(23)10-25-18-21-14-4-2-3-5-15(14)26-18/h2-9H,10H2,1H3,(H,20,23). The highest BCUT2D eigenvalue weighted by Crippen LogP contribution is 2.29. The van der Waals surface area contributed by atoms with E-state index in [0.29, 0.717) is 17.5 Å². The summed E-state index contributed by atoms with van der Waals surface area (Å²) in [6, 6.07) is 15.3. The molecule has 0 saturated heterocycles. The molecule has 4 aromatic rings. The summed E-state index contributed by atoms with van der Waals surface area (Å²) in [6.45, 7) is 1.77. The summed E-state index contributed by atoms with van der Waals surface area (Å²) in [6.07, 6.45) is 0. The Kier molecular flexibility index (Phi) is 4.68. The Labute approximate surface area is 157 Å². The molecule has 0 bridgehead atoms. The Bertz CT molecular complexity index is 1020. The smallest absolute Gasteiger partial charge is 0.257 e. The number of thiazole rings is 1. The van der Waals surface area contributed by atoms with Gasteiger partial charge in [-0.1, -0.05) is 29.1 Å². The third kappa shape index (κ3) is 3.76. The molecule has 2 aromatic carbocycles. The van der Waals surface area contributed by atoms with Crippen molar-refractivity contribution in [2.75, 3.05) is 11.1 Å². The van der Waals surface area contributed by atoms with Gasteiger partial charge in [0.15, 0.2) is 10.2 Å². The molecule has 1 N–H and O–H groups in total. The number of fused-ring (bicyclic) bond motifs is 1. The summed E-state index contributed by atoms with van der Waals surface area (Å²) in [5.74, 6) is 1.29. The first-order valence-corrected chi connectivity index (χ1v) is 9.66. The van der Waals surface area contributed by atoms with E-state index in [2.05, 4.69) is 20.4 Å². The highest BCUT2D eigenvalue weighted by atomic mass is 32.2. The van der Waals surface area contributed by atoms with Crippen LogP contribution in [-0.4, -0.2) is 26.8 Å². The number of rotatable bonds is 5. The monoisotopic (exact) mass is 382 g/mol. The van der Waals surface area contributed by atoms with Crippen LogP contribution in [0.15, 0.2) is 57.4 Å². The molecule has 130 valence electrons. The first kappa shape index (κ1) is 16.7. The zero-order valence-corrected chi connectivity index (χ0v) is 15.4. The van der Waals surface area contributed by atoms with E-state index in [1.54, 1.807) is 18.3 Å². The van der Waals surface area contributed by atoms with Crippen LogP contribution < -0.4 is 5.32 Å². The second kappa shape index (κ2) is 7.27. The van der Waals surface area contributed by atoms with Gasteiger partial charge in [0.1, 0.15) is 0 Å². The van der Waals surface area contributed by atoms with Crippen molar-refractivity contribution >= 4 is 44.9 Å². The molecule has 8 heteroatoms. The number of thioether (sulfide) groups is 1. The van der Waals surface area contributed by atoms with Gasteiger partial charge in [-0.25, -0.2) is 4.98 Å². The number of hydrogen-bond donors (Lipinski definition) is 1. The lowest BCUT2D eigenvalue weighted by Gasteiger charge is -2.04. The van der Waals surface area contributed by atoms with Crippen LogP contribution >= 0.6 is 23.1 Å². The van der Waals surface area contributed by atoms with E-state index in [4.69, 9.17) is 4.52 Å². The van der Waals surface area contributed by atoms with Crippen molar-refractivity contribution in [3.05, 3.63) is 54.4 Å². The van der Waals surface area contributed by atoms with Crippen LogP contribution in [0.4, 0.5) is 5.69 Å². The van der Waals surface area contributed by atoms with Gasteiger partial charge >= 0.3 is 0 Å². The van der Waals surface area contributed by atoms with Crippen LogP contribution in [0.2, 0.25) is 0 Å². The molecular weight excluding hydrogens is 368 g/mol. The highest BCUT2D eigenvalue weighted by Gasteiger charge is 2.09. The maximum atomic E-state index is 12.2. The van der Waals surface area contributed by atoms with Crippen LogP contribution in [0.1, 0.15) is 5.82 Å². The molecule has 0 radical (unpaired) electrons. The zero-order valence-electron chi connectivity index (χ0n) is 13.8. The van der Waals surface area contributed by atoms with Gasteiger partial charge in [-0.15, -0.1) is 11.3 Å². The first-order valence-electron chi connectivity index (χ1n) is 7.86. The van der Waals surface area contributed by atoms with Gasteiger partial charge in [-0.05, 0) is 43.3 Å². The number of nitrogens with one attached hydrogen (secondary N) is 1. The summed E-state index contributed by atoms with van der Waals surface area (Å²) in [4.78, 5) is 20.9. The number of carbonyl (C=O) groups excluding carboxylic acids is 1. The third-order valence-electron chi connectivity index (χ3n) is 3.54. The molecule has 0 unspecified atom stereocenters.